The fourth-order valence-corrected chi connectivity index (χ4v) is 2.07. The molecular weight excluding hydrogens is 250 g/mol. The van der Waals surface area contributed by atoms with Crippen LogP contribution in [0.1, 0.15) is 38.1 Å². The molecule has 1 atom stereocenters. The highest BCUT2D eigenvalue weighted by molar-refractivity contribution is 5.29. The lowest BCUT2D eigenvalue weighted by atomic mass is 10.1. The van der Waals surface area contributed by atoms with Gasteiger partial charge in [-0.3, -0.25) is 0 Å². The van der Waals surface area contributed by atoms with Gasteiger partial charge in [0.05, 0.1) is 12.4 Å². The molecule has 1 unspecified atom stereocenters. The molecule has 108 valence electrons. The predicted molar refractivity (Wildman–Crippen MR) is 80.9 cm³/mol. The summed E-state index contributed by atoms with van der Waals surface area (Å²) in [6.07, 6.45) is 4.75. The SMILES string of the molecule is CC(C)Oc1ccc(C(C)NCCc2cnc[nH]2)cc1. The van der Waals surface area contributed by atoms with Gasteiger partial charge in [-0.15, -0.1) is 0 Å². The van der Waals surface area contributed by atoms with Gasteiger partial charge in [0.1, 0.15) is 5.75 Å². The van der Waals surface area contributed by atoms with E-state index in [-0.39, 0.29) is 6.10 Å². The quantitative estimate of drug-likeness (QED) is 0.815. The fraction of sp³-hybridized carbons (Fsp3) is 0.438. The Labute approximate surface area is 120 Å². The third-order valence-electron chi connectivity index (χ3n) is 3.15. The van der Waals surface area contributed by atoms with Gasteiger partial charge in [0.15, 0.2) is 0 Å². The molecule has 1 aromatic carbocycles. The number of imidazole rings is 1. The Bertz CT molecular complexity index is 491. The smallest absolute Gasteiger partial charge is 0.119 e. The van der Waals surface area contributed by atoms with Crippen LogP contribution in [-0.4, -0.2) is 22.6 Å². The van der Waals surface area contributed by atoms with E-state index in [0.717, 1.165) is 24.4 Å². The number of ether oxygens (including phenoxy) is 1. The second-order valence-corrected chi connectivity index (χ2v) is 5.24. The normalized spacial score (nSPS) is 12.6. The molecule has 0 aliphatic heterocycles. The van der Waals surface area contributed by atoms with Crippen LogP contribution in [0.25, 0.3) is 0 Å². The monoisotopic (exact) mass is 273 g/mol. The fourth-order valence-electron chi connectivity index (χ4n) is 2.07. The Hall–Kier alpha value is -1.81. The summed E-state index contributed by atoms with van der Waals surface area (Å²) < 4.78 is 5.65. The third-order valence-corrected chi connectivity index (χ3v) is 3.15. The zero-order valence-electron chi connectivity index (χ0n) is 12.4. The van der Waals surface area contributed by atoms with Gasteiger partial charge >= 0.3 is 0 Å². The number of hydrogen-bond donors (Lipinski definition) is 2. The van der Waals surface area contributed by atoms with Crippen molar-refractivity contribution in [1.29, 1.82) is 0 Å². The molecule has 2 rings (SSSR count). The van der Waals surface area contributed by atoms with Crippen LogP contribution in [0.4, 0.5) is 0 Å². The van der Waals surface area contributed by atoms with E-state index in [1.807, 2.05) is 32.2 Å². The number of aromatic amines is 1. The van der Waals surface area contributed by atoms with Crippen molar-refractivity contribution in [2.45, 2.75) is 39.3 Å². The third kappa shape index (κ3) is 4.38. The molecule has 20 heavy (non-hydrogen) atoms. The van der Waals surface area contributed by atoms with Crippen LogP contribution in [0.15, 0.2) is 36.8 Å². The maximum absolute atomic E-state index is 5.65. The van der Waals surface area contributed by atoms with Crippen LogP contribution in [0.5, 0.6) is 5.75 Å². The Balaban J connectivity index is 1.81. The van der Waals surface area contributed by atoms with Crippen LogP contribution >= 0.6 is 0 Å². The van der Waals surface area contributed by atoms with Crippen molar-refractivity contribution >= 4 is 0 Å². The number of hydrogen-bond acceptors (Lipinski definition) is 3. The molecule has 0 amide bonds. The molecule has 2 aromatic rings. The average molecular weight is 273 g/mol. The van der Waals surface area contributed by atoms with Crippen molar-refractivity contribution in [3.63, 3.8) is 0 Å². The highest BCUT2D eigenvalue weighted by Crippen LogP contribution is 2.18. The molecular formula is C16H23N3O. The minimum atomic E-state index is 0.214. The first kappa shape index (κ1) is 14.6. The highest BCUT2D eigenvalue weighted by atomic mass is 16.5. The second kappa shape index (κ2) is 7.10. The summed E-state index contributed by atoms with van der Waals surface area (Å²) in [5.74, 6) is 0.924. The Morgan fingerprint density at radius 1 is 1.20 bits per heavy atom. The van der Waals surface area contributed by atoms with E-state index in [9.17, 15) is 0 Å². The zero-order valence-corrected chi connectivity index (χ0v) is 12.4. The topological polar surface area (TPSA) is 49.9 Å². The lowest BCUT2D eigenvalue weighted by Gasteiger charge is -2.15. The number of nitrogens with one attached hydrogen (secondary N) is 2. The van der Waals surface area contributed by atoms with E-state index >= 15 is 0 Å². The maximum atomic E-state index is 5.65. The van der Waals surface area contributed by atoms with E-state index in [1.54, 1.807) is 6.33 Å². The van der Waals surface area contributed by atoms with Gasteiger partial charge in [-0.1, -0.05) is 12.1 Å². The first-order valence-corrected chi connectivity index (χ1v) is 7.12. The van der Waals surface area contributed by atoms with Crippen molar-refractivity contribution in [3.8, 4) is 5.75 Å². The molecule has 0 fully saturated rings. The first-order valence-electron chi connectivity index (χ1n) is 7.12. The molecule has 0 aliphatic rings. The largest absolute Gasteiger partial charge is 0.491 e. The summed E-state index contributed by atoms with van der Waals surface area (Å²) in [5, 5.41) is 3.51. The Kier molecular flexibility index (Phi) is 5.18. The molecule has 0 saturated carbocycles. The lowest BCUT2D eigenvalue weighted by Crippen LogP contribution is -2.21. The molecule has 2 N–H and O–H groups in total. The van der Waals surface area contributed by atoms with E-state index in [0.29, 0.717) is 6.04 Å². The van der Waals surface area contributed by atoms with Crippen LogP contribution in [-0.2, 0) is 6.42 Å². The van der Waals surface area contributed by atoms with E-state index in [2.05, 4.69) is 34.3 Å². The number of benzene rings is 1. The predicted octanol–water partition coefficient (Wildman–Crippen LogP) is 3.09. The van der Waals surface area contributed by atoms with E-state index in [1.165, 1.54) is 5.56 Å². The molecule has 0 saturated heterocycles. The van der Waals surface area contributed by atoms with E-state index < -0.39 is 0 Å². The van der Waals surface area contributed by atoms with Gasteiger partial charge < -0.3 is 15.0 Å². The molecule has 1 heterocycles. The molecule has 0 aliphatic carbocycles. The molecule has 4 heteroatoms. The number of aromatic nitrogens is 2. The van der Waals surface area contributed by atoms with Gasteiger partial charge in [0.2, 0.25) is 0 Å². The molecule has 0 bridgehead atoms. The summed E-state index contributed by atoms with van der Waals surface area (Å²) in [7, 11) is 0. The van der Waals surface area contributed by atoms with Gasteiger partial charge in [-0.05, 0) is 38.5 Å². The van der Waals surface area contributed by atoms with Crippen LogP contribution in [0.2, 0.25) is 0 Å². The minimum absolute atomic E-state index is 0.214. The number of H-pyrrole nitrogens is 1. The average Bonchev–Trinajstić information content (AvgIpc) is 2.92. The van der Waals surface area contributed by atoms with Gasteiger partial charge in [-0.25, -0.2) is 4.98 Å². The minimum Gasteiger partial charge on any atom is -0.491 e. The molecule has 4 nitrogen and oxygen atoms in total. The van der Waals surface area contributed by atoms with Crippen molar-refractivity contribution in [3.05, 3.63) is 48.0 Å². The molecule has 0 radical (unpaired) electrons. The standard InChI is InChI=1S/C16H23N3O/c1-12(2)20-16-6-4-14(5-7-16)13(3)18-9-8-15-10-17-11-19-15/h4-7,10-13,18H,8-9H2,1-3H3,(H,17,19). The van der Waals surface area contributed by atoms with Gasteiger partial charge in [-0.2, -0.15) is 0 Å². The highest BCUT2D eigenvalue weighted by Gasteiger charge is 2.05. The summed E-state index contributed by atoms with van der Waals surface area (Å²) >= 11 is 0. The van der Waals surface area contributed by atoms with Crippen molar-refractivity contribution in [2.75, 3.05) is 6.54 Å². The number of nitrogens with zero attached hydrogens (tertiary/aromatic N) is 1. The molecule has 0 spiro atoms. The van der Waals surface area contributed by atoms with Crippen LogP contribution in [0.3, 0.4) is 0 Å². The van der Waals surface area contributed by atoms with Crippen LogP contribution in [0, 0.1) is 0 Å². The lowest BCUT2D eigenvalue weighted by molar-refractivity contribution is 0.242. The second-order valence-electron chi connectivity index (χ2n) is 5.24. The number of rotatable bonds is 7. The Morgan fingerprint density at radius 2 is 1.95 bits per heavy atom. The van der Waals surface area contributed by atoms with Gasteiger partial charge in [0, 0.05) is 30.9 Å². The van der Waals surface area contributed by atoms with Gasteiger partial charge in [0.25, 0.3) is 0 Å². The first-order chi connectivity index (χ1) is 9.65. The summed E-state index contributed by atoms with van der Waals surface area (Å²) in [5.41, 5.74) is 2.43. The zero-order chi connectivity index (χ0) is 14.4. The Morgan fingerprint density at radius 3 is 2.55 bits per heavy atom. The maximum Gasteiger partial charge on any atom is 0.119 e. The van der Waals surface area contributed by atoms with Crippen molar-refractivity contribution < 1.29 is 4.74 Å². The van der Waals surface area contributed by atoms with E-state index in [4.69, 9.17) is 4.74 Å². The van der Waals surface area contributed by atoms with Crippen molar-refractivity contribution in [1.82, 2.24) is 15.3 Å². The summed E-state index contributed by atoms with van der Waals surface area (Å²) in [6.45, 7) is 7.17. The van der Waals surface area contributed by atoms with Crippen molar-refractivity contribution in [2.24, 2.45) is 0 Å². The molecule has 1 aromatic heterocycles. The summed E-state index contributed by atoms with van der Waals surface area (Å²) in [6, 6.07) is 8.62. The summed E-state index contributed by atoms with van der Waals surface area (Å²) in [4.78, 5) is 7.12. The van der Waals surface area contributed by atoms with Crippen LogP contribution < -0.4 is 10.1 Å².